The lowest BCUT2D eigenvalue weighted by atomic mass is 10.1. The molecule has 0 amide bonds. The highest BCUT2D eigenvalue weighted by Gasteiger charge is 2.15. The van der Waals surface area contributed by atoms with Crippen LogP contribution in [0, 0.1) is 5.82 Å². The first-order valence-electron chi connectivity index (χ1n) is 8.06. The minimum absolute atomic E-state index is 0.0758. The molecular formula is C17H27FN2. The van der Waals surface area contributed by atoms with Gasteiger partial charge in [0.25, 0.3) is 0 Å². The molecule has 0 saturated carbocycles. The number of rotatable bonds is 5. The first kappa shape index (κ1) is 15.3. The zero-order chi connectivity index (χ0) is 14.2. The average Bonchev–Trinajstić information content (AvgIpc) is 2.41. The van der Waals surface area contributed by atoms with Crippen molar-refractivity contribution in [2.75, 3.05) is 24.5 Å². The lowest BCUT2D eigenvalue weighted by Gasteiger charge is -2.29. The number of nitrogens with one attached hydrogen (secondary N) is 1. The van der Waals surface area contributed by atoms with Crippen LogP contribution in [0.4, 0.5) is 10.1 Å². The average molecular weight is 278 g/mol. The minimum Gasteiger partial charge on any atom is -0.371 e. The van der Waals surface area contributed by atoms with Gasteiger partial charge in [-0.1, -0.05) is 32.3 Å². The minimum atomic E-state index is -0.0758. The van der Waals surface area contributed by atoms with Crippen LogP contribution >= 0.6 is 0 Å². The topological polar surface area (TPSA) is 15.3 Å². The standard InChI is InChI=1S/C17H27FN2/c1-2-11-19-14-15-16(18)9-8-10-17(15)20-12-6-4-3-5-7-13-20/h8-10,19H,2-7,11-14H2,1H3. The van der Waals surface area contributed by atoms with Gasteiger partial charge in [-0.05, 0) is 37.9 Å². The highest BCUT2D eigenvalue weighted by atomic mass is 19.1. The number of benzene rings is 1. The second-order valence-electron chi connectivity index (χ2n) is 5.67. The SMILES string of the molecule is CCCNCc1c(F)cccc1N1CCCCCCC1. The van der Waals surface area contributed by atoms with Crippen molar-refractivity contribution in [1.82, 2.24) is 5.32 Å². The third-order valence-electron chi connectivity index (χ3n) is 4.02. The predicted octanol–water partition coefficient (Wildman–Crippen LogP) is 4.10. The molecule has 1 fully saturated rings. The van der Waals surface area contributed by atoms with Gasteiger partial charge in [0, 0.05) is 30.9 Å². The van der Waals surface area contributed by atoms with Gasteiger partial charge >= 0.3 is 0 Å². The molecule has 0 spiro atoms. The second-order valence-corrected chi connectivity index (χ2v) is 5.67. The summed E-state index contributed by atoms with van der Waals surface area (Å²) in [5.41, 5.74) is 1.93. The molecule has 1 aromatic rings. The van der Waals surface area contributed by atoms with Crippen LogP contribution in [-0.4, -0.2) is 19.6 Å². The van der Waals surface area contributed by atoms with Gasteiger partial charge in [-0.2, -0.15) is 0 Å². The van der Waals surface area contributed by atoms with Gasteiger partial charge in [0.1, 0.15) is 5.82 Å². The van der Waals surface area contributed by atoms with E-state index in [1.807, 2.05) is 6.07 Å². The van der Waals surface area contributed by atoms with Crippen molar-refractivity contribution in [3.05, 3.63) is 29.6 Å². The Bertz CT molecular complexity index is 398. The lowest BCUT2D eigenvalue weighted by molar-refractivity contribution is 0.548. The van der Waals surface area contributed by atoms with E-state index in [2.05, 4.69) is 23.2 Å². The van der Waals surface area contributed by atoms with Crippen LogP contribution in [0.15, 0.2) is 18.2 Å². The fourth-order valence-electron chi connectivity index (χ4n) is 2.90. The van der Waals surface area contributed by atoms with Crippen LogP contribution in [0.5, 0.6) is 0 Å². The van der Waals surface area contributed by atoms with Crippen LogP contribution in [0.1, 0.15) is 51.0 Å². The Morgan fingerprint density at radius 3 is 2.50 bits per heavy atom. The zero-order valence-electron chi connectivity index (χ0n) is 12.6. The van der Waals surface area contributed by atoms with E-state index in [0.29, 0.717) is 6.54 Å². The normalized spacial score (nSPS) is 16.8. The summed E-state index contributed by atoms with van der Waals surface area (Å²) in [6.45, 7) is 5.82. The summed E-state index contributed by atoms with van der Waals surface area (Å²) in [4.78, 5) is 2.38. The monoisotopic (exact) mass is 278 g/mol. The molecule has 0 aromatic heterocycles. The van der Waals surface area contributed by atoms with Gasteiger partial charge in [0.2, 0.25) is 0 Å². The molecule has 0 bridgehead atoms. The van der Waals surface area contributed by atoms with Crippen LogP contribution in [0.3, 0.4) is 0 Å². The van der Waals surface area contributed by atoms with Gasteiger partial charge in [-0.25, -0.2) is 4.39 Å². The molecule has 1 aliphatic rings. The van der Waals surface area contributed by atoms with Gasteiger partial charge in [-0.15, -0.1) is 0 Å². The smallest absolute Gasteiger partial charge is 0.129 e. The molecule has 2 rings (SSSR count). The maximum atomic E-state index is 14.1. The number of hydrogen-bond donors (Lipinski definition) is 1. The van der Waals surface area contributed by atoms with E-state index in [4.69, 9.17) is 0 Å². The Labute approximate surface area is 122 Å². The molecule has 1 saturated heterocycles. The number of anilines is 1. The molecule has 20 heavy (non-hydrogen) atoms. The van der Waals surface area contributed by atoms with E-state index in [1.165, 1.54) is 32.1 Å². The second kappa shape index (κ2) is 8.25. The van der Waals surface area contributed by atoms with Crippen molar-refractivity contribution in [3.63, 3.8) is 0 Å². The summed E-state index contributed by atoms with van der Waals surface area (Å²) in [6.07, 6.45) is 7.47. The van der Waals surface area contributed by atoms with Crippen molar-refractivity contribution in [3.8, 4) is 0 Å². The summed E-state index contributed by atoms with van der Waals surface area (Å²) < 4.78 is 14.1. The molecule has 2 nitrogen and oxygen atoms in total. The van der Waals surface area contributed by atoms with Gasteiger partial charge < -0.3 is 10.2 Å². The summed E-state index contributed by atoms with van der Waals surface area (Å²) >= 11 is 0. The van der Waals surface area contributed by atoms with Gasteiger partial charge in [0.05, 0.1) is 0 Å². The molecule has 112 valence electrons. The molecule has 1 aliphatic heterocycles. The fraction of sp³-hybridized carbons (Fsp3) is 0.647. The van der Waals surface area contributed by atoms with E-state index < -0.39 is 0 Å². The summed E-state index contributed by atoms with van der Waals surface area (Å²) in [5.74, 6) is -0.0758. The third-order valence-corrected chi connectivity index (χ3v) is 4.02. The Morgan fingerprint density at radius 1 is 1.10 bits per heavy atom. The maximum absolute atomic E-state index is 14.1. The zero-order valence-corrected chi connectivity index (χ0v) is 12.6. The molecule has 0 atom stereocenters. The number of hydrogen-bond acceptors (Lipinski definition) is 2. The summed E-state index contributed by atoms with van der Waals surface area (Å²) in [7, 11) is 0. The molecule has 0 aliphatic carbocycles. The summed E-state index contributed by atoms with van der Waals surface area (Å²) in [6, 6.07) is 5.50. The third kappa shape index (κ3) is 4.20. The Balaban J connectivity index is 2.13. The first-order chi connectivity index (χ1) is 9.83. The highest BCUT2D eigenvalue weighted by molar-refractivity contribution is 5.54. The van der Waals surface area contributed by atoms with Crippen molar-refractivity contribution in [2.45, 2.75) is 52.0 Å². The van der Waals surface area contributed by atoms with E-state index in [0.717, 1.165) is 37.3 Å². The maximum Gasteiger partial charge on any atom is 0.129 e. The van der Waals surface area contributed by atoms with Crippen LogP contribution in [0.2, 0.25) is 0 Å². The highest BCUT2D eigenvalue weighted by Crippen LogP contribution is 2.25. The first-order valence-corrected chi connectivity index (χ1v) is 8.06. The molecule has 1 N–H and O–H groups in total. The molecular weight excluding hydrogens is 251 g/mol. The van der Waals surface area contributed by atoms with E-state index >= 15 is 0 Å². The van der Waals surface area contributed by atoms with Crippen molar-refractivity contribution in [1.29, 1.82) is 0 Å². The molecule has 0 unspecified atom stereocenters. The lowest BCUT2D eigenvalue weighted by Crippen LogP contribution is -2.29. The molecule has 1 aromatic carbocycles. The number of nitrogens with zero attached hydrogens (tertiary/aromatic N) is 1. The molecule has 3 heteroatoms. The molecule has 1 heterocycles. The van der Waals surface area contributed by atoms with E-state index in [-0.39, 0.29) is 5.82 Å². The summed E-state index contributed by atoms with van der Waals surface area (Å²) in [5, 5.41) is 3.33. The van der Waals surface area contributed by atoms with Gasteiger partial charge in [0.15, 0.2) is 0 Å². The van der Waals surface area contributed by atoms with Crippen molar-refractivity contribution >= 4 is 5.69 Å². The Hall–Kier alpha value is -1.09. The Kier molecular flexibility index (Phi) is 6.31. The van der Waals surface area contributed by atoms with Crippen molar-refractivity contribution < 1.29 is 4.39 Å². The molecule has 0 radical (unpaired) electrons. The van der Waals surface area contributed by atoms with Crippen LogP contribution in [-0.2, 0) is 6.54 Å². The number of halogens is 1. The Morgan fingerprint density at radius 2 is 1.80 bits per heavy atom. The quantitative estimate of drug-likeness (QED) is 0.816. The van der Waals surface area contributed by atoms with Crippen LogP contribution in [0.25, 0.3) is 0 Å². The van der Waals surface area contributed by atoms with Gasteiger partial charge in [-0.3, -0.25) is 0 Å². The van der Waals surface area contributed by atoms with E-state index in [9.17, 15) is 4.39 Å². The van der Waals surface area contributed by atoms with Crippen molar-refractivity contribution in [2.24, 2.45) is 0 Å². The predicted molar refractivity (Wildman–Crippen MR) is 83.7 cm³/mol. The van der Waals surface area contributed by atoms with E-state index in [1.54, 1.807) is 6.07 Å². The largest absolute Gasteiger partial charge is 0.371 e. The van der Waals surface area contributed by atoms with Crippen LogP contribution < -0.4 is 10.2 Å². The fourth-order valence-corrected chi connectivity index (χ4v) is 2.90.